The van der Waals surface area contributed by atoms with E-state index in [4.69, 9.17) is 4.74 Å². The highest BCUT2D eigenvalue weighted by Gasteiger charge is 2.23. The Balaban J connectivity index is 1.44. The van der Waals surface area contributed by atoms with Crippen LogP contribution in [0.2, 0.25) is 0 Å². The van der Waals surface area contributed by atoms with Gasteiger partial charge in [0, 0.05) is 20.6 Å². The van der Waals surface area contributed by atoms with Crippen LogP contribution in [-0.2, 0) is 35.8 Å². The fraction of sp³-hybridized carbons (Fsp3) is 0.421. The van der Waals surface area contributed by atoms with Crippen molar-refractivity contribution < 1.29 is 14.3 Å². The van der Waals surface area contributed by atoms with Crippen LogP contribution in [0.5, 0.6) is 0 Å². The fourth-order valence-electron chi connectivity index (χ4n) is 2.93. The van der Waals surface area contributed by atoms with Crippen molar-refractivity contribution in [2.75, 3.05) is 27.2 Å². The van der Waals surface area contributed by atoms with Gasteiger partial charge in [-0.05, 0) is 11.6 Å². The van der Waals surface area contributed by atoms with Gasteiger partial charge in [-0.15, -0.1) is 0 Å². The molecule has 27 heavy (non-hydrogen) atoms. The summed E-state index contributed by atoms with van der Waals surface area (Å²) >= 11 is 0. The van der Waals surface area contributed by atoms with E-state index in [1.807, 2.05) is 41.1 Å². The van der Waals surface area contributed by atoms with Crippen LogP contribution >= 0.6 is 0 Å². The zero-order valence-electron chi connectivity index (χ0n) is 15.7. The Morgan fingerprint density at radius 1 is 1.22 bits per heavy atom. The number of urea groups is 1. The molecule has 3 amide bonds. The van der Waals surface area contributed by atoms with Gasteiger partial charge in [-0.1, -0.05) is 30.3 Å². The monoisotopic (exact) mass is 371 g/mol. The Kier molecular flexibility index (Phi) is 6.08. The molecule has 0 spiro atoms. The van der Waals surface area contributed by atoms with Gasteiger partial charge in [0.15, 0.2) is 0 Å². The number of nitrogens with zero attached hydrogens (tertiary/aromatic N) is 4. The van der Waals surface area contributed by atoms with Crippen molar-refractivity contribution in [3.63, 3.8) is 0 Å². The number of rotatable bonds is 6. The molecule has 0 radical (unpaired) electrons. The SMILES string of the molecule is CN(C)C(=O)N1CCn2nc(CNC(=O)COCc3ccccc3)cc2C1. The maximum atomic E-state index is 12.1. The van der Waals surface area contributed by atoms with Crippen LogP contribution < -0.4 is 5.32 Å². The molecule has 0 saturated heterocycles. The number of nitrogens with one attached hydrogen (secondary N) is 1. The molecule has 0 bridgehead atoms. The summed E-state index contributed by atoms with van der Waals surface area (Å²) in [7, 11) is 3.49. The third-order valence-electron chi connectivity index (χ3n) is 4.31. The van der Waals surface area contributed by atoms with E-state index in [1.54, 1.807) is 23.9 Å². The summed E-state index contributed by atoms with van der Waals surface area (Å²) in [5, 5.41) is 7.32. The summed E-state index contributed by atoms with van der Waals surface area (Å²) in [5.74, 6) is -0.179. The van der Waals surface area contributed by atoms with Crippen molar-refractivity contribution >= 4 is 11.9 Å². The molecule has 8 heteroatoms. The quantitative estimate of drug-likeness (QED) is 0.828. The van der Waals surface area contributed by atoms with Crippen LogP contribution in [0.3, 0.4) is 0 Å². The summed E-state index contributed by atoms with van der Waals surface area (Å²) in [4.78, 5) is 27.4. The molecular weight excluding hydrogens is 346 g/mol. The van der Waals surface area contributed by atoms with E-state index >= 15 is 0 Å². The standard InChI is InChI=1S/C19H25N5O3/c1-22(2)19(26)23-8-9-24-17(12-23)10-16(21-24)11-20-18(25)14-27-13-15-6-4-3-5-7-15/h3-7,10H,8-9,11-14H2,1-2H3,(H,20,25). The lowest BCUT2D eigenvalue weighted by atomic mass is 10.2. The van der Waals surface area contributed by atoms with E-state index in [2.05, 4.69) is 10.4 Å². The van der Waals surface area contributed by atoms with E-state index in [9.17, 15) is 9.59 Å². The van der Waals surface area contributed by atoms with Crippen molar-refractivity contribution in [1.29, 1.82) is 0 Å². The minimum atomic E-state index is -0.179. The second kappa shape index (κ2) is 8.68. The molecule has 144 valence electrons. The molecule has 0 atom stereocenters. The molecule has 0 unspecified atom stereocenters. The van der Waals surface area contributed by atoms with Crippen LogP contribution in [0.4, 0.5) is 4.79 Å². The molecule has 2 heterocycles. The van der Waals surface area contributed by atoms with Crippen LogP contribution in [0.15, 0.2) is 36.4 Å². The maximum Gasteiger partial charge on any atom is 0.319 e. The summed E-state index contributed by atoms with van der Waals surface area (Å²) in [5.41, 5.74) is 2.78. The number of carbonyl (C=O) groups is 2. The van der Waals surface area contributed by atoms with Crippen molar-refractivity contribution in [2.24, 2.45) is 0 Å². The first-order valence-electron chi connectivity index (χ1n) is 8.93. The molecule has 1 N–H and O–H groups in total. The van der Waals surface area contributed by atoms with Crippen LogP contribution in [-0.4, -0.2) is 58.8 Å². The lowest BCUT2D eigenvalue weighted by Gasteiger charge is -2.29. The third-order valence-corrected chi connectivity index (χ3v) is 4.31. The van der Waals surface area contributed by atoms with E-state index in [0.717, 1.165) is 17.0 Å². The van der Waals surface area contributed by atoms with Gasteiger partial charge in [0.05, 0.1) is 37.6 Å². The maximum absolute atomic E-state index is 12.1. The Morgan fingerprint density at radius 3 is 2.74 bits per heavy atom. The molecule has 0 fully saturated rings. The van der Waals surface area contributed by atoms with Crippen molar-refractivity contribution in [3.05, 3.63) is 53.3 Å². The zero-order valence-corrected chi connectivity index (χ0v) is 15.7. The van der Waals surface area contributed by atoms with Gasteiger partial charge < -0.3 is 19.9 Å². The highest BCUT2D eigenvalue weighted by atomic mass is 16.5. The number of hydrogen-bond donors (Lipinski definition) is 1. The summed E-state index contributed by atoms with van der Waals surface area (Å²) < 4.78 is 7.32. The van der Waals surface area contributed by atoms with Gasteiger partial charge in [-0.2, -0.15) is 5.10 Å². The van der Waals surface area contributed by atoms with Gasteiger partial charge in [0.2, 0.25) is 5.91 Å². The first kappa shape index (κ1) is 18.9. The molecular formula is C19H25N5O3. The van der Waals surface area contributed by atoms with Crippen LogP contribution in [0.25, 0.3) is 0 Å². The van der Waals surface area contributed by atoms with E-state index < -0.39 is 0 Å². The van der Waals surface area contributed by atoms with Crippen molar-refractivity contribution in [1.82, 2.24) is 24.9 Å². The average Bonchev–Trinajstić information content (AvgIpc) is 3.08. The number of aromatic nitrogens is 2. The normalized spacial score (nSPS) is 13.2. The third kappa shape index (κ3) is 5.07. The van der Waals surface area contributed by atoms with Crippen LogP contribution in [0, 0.1) is 0 Å². The Labute approximate surface area is 158 Å². The minimum absolute atomic E-state index is 0.00660. The molecule has 1 aromatic carbocycles. The van der Waals surface area contributed by atoms with Gasteiger partial charge in [-0.25, -0.2) is 4.79 Å². The molecule has 1 aliphatic heterocycles. The van der Waals surface area contributed by atoms with Crippen LogP contribution in [0.1, 0.15) is 17.0 Å². The first-order valence-corrected chi connectivity index (χ1v) is 8.93. The molecule has 3 rings (SSSR count). The van der Waals surface area contributed by atoms with Gasteiger partial charge in [0.25, 0.3) is 0 Å². The average molecular weight is 371 g/mol. The Hall–Kier alpha value is -2.87. The topological polar surface area (TPSA) is 79.7 Å². The first-order chi connectivity index (χ1) is 13.0. The Morgan fingerprint density at radius 2 is 2.00 bits per heavy atom. The zero-order chi connectivity index (χ0) is 19.2. The number of fused-ring (bicyclic) bond motifs is 1. The van der Waals surface area contributed by atoms with Gasteiger partial charge in [-0.3, -0.25) is 9.48 Å². The predicted octanol–water partition coefficient (Wildman–Crippen LogP) is 1.21. The molecule has 0 aliphatic carbocycles. The molecule has 2 aromatic rings. The van der Waals surface area contributed by atoms with E-state index in [0.29, 0.717) is 32.8 Å². The highest BCUT2D eigenvalue weighted by molar-refractivity contribution is 5.77. The lowest BCUT2D eigenvalue weighted by molar-refractivity contribution is -0.126. The number of ether oxygens (including phenoxy) is 1. The fourth-order valence-corrected chi connectivity index (χ4v) is 2.93. The molecule has 1 aromatic heterocycles. The smallest absolute Gasteiger partial charge is 0.319 e. The summed E-state index contributed by atoms with van der Waals surface area (Å²) in [6, 6.07) is 11.7. The second-order valence-electron chi connectivity index (χ2n) is 6.70. The van der Waals surface area contributed by atoms with E-state index in [1.165, 1.54) is 0 Å². The largest absolute Gasteiger partial charge is 0.367 e. The van der Waals surface area contributed by atoms with Gasteiger partial charge in [0.1, 0.15) is 6.61 Å². The summed E-state index contributed by atoms with van der Waals surface area (Å²) in [6.07, 6.45) is 0. The molecule has 0 saturated carbocycles. The number of hydrogen-bond acceptors (Lipinski definition) is 4. The minimum Gasteiger partial charge on any atom is -0.367 e. The highest BCUT2D eigenvalue weighted by Crippen LogP contribution is 2.14. The number of benzene rings is 1. The lowest BCUT2D eigenvalue weighted by Crippen LogP contribution is -2.43. The van der Waals surface area contributed by atoms with Gasteiger partial charge >= 0.3 is 6.03 Å². The van der Waals surface area contributed by atoms with Crippen molar-refractivity contribution in [3.8, 4) is 0 Å². The number of amides is 3. The summed E-state index contributed by atoms with van der Waals surface area (Å²) in [6.45, 7) is 2.57. The van der Waals surface area contributed by atoms with Crippen molar-refractivity contribution in [2.45, 2.75) is 26.2 Å². The molecule has 1 aliphatic rings. The molecule has 8 nitrogen and oxygen atoms in total. The number of carbonyl (C=O) groups excluding carboxylic acids is 2. The second-order valence-corrected chi connectivity index (χ2v) is 6.70. The predicted molar refractivity (Wildman–Crippen MR) is 99.7 cm³/mol. The Bertz CT molecular complexity index is 788. The van der Waals surface area contributed by atoms with E-state index in [-0.39, 0.29) is 18.5 Å².